The standard InChI is InChI=1S/C4H9FO4S/c5-4(3-6)1-2-10(7,8)9/h4,6H,1-3H2,(H,7,8,9). The summed E-state index contributed by atoms with van der Waals surface area (Å²) in [6.45, 7) is -0.713. The van der Waals surface area contributed by atoms with Gasteiger partial charge in [0.05, 0.1) is 12.4 Å². The van der Waals surface area contributed by atoms with Gasteiger partial charge in [-0.1, -0.05) is 0 Å². The van der Waals surface area contributed by atoms with Crippen LogP contribution in [0.3, 0.4) is 0 Å². The summed E-state index contributed by atoms with van der Waals surface area (Å²) in [7, 11) is -4.08. The number of rotatable bonds is 4. The zero-order valence-electron chi connectivity index (χ0n) is 5.20. The number of hydrogen-bond donors (Lipinski definition) is 2. The largest absolute Gasteiger partial charge is 0.393 e. The minimum absolute atomic E-state index is 0.366. The molecule has 0 aliphatic heterocycles. The first-order valence-electron chi connectivity index (χ1n) is 2.66. The monoisotopic (exact) mass is 172 g/mol. The molecular formula is C4H9FO4S. The van der Waals surface area contributed by atoms with E-state index >= 15 is 0 Å². The molecule has 0 spiro atoms. The molecule has 62 valence electrons. The lowest BCUT2D eigenvalue weighted by Crippen LogP contribution is -2.13. The van der Waals surface area contributed by atoms with Gasteiger partial charge in [-0.25, -0.2) is 4.39 Å². The predicted molar refractivity (Wildman–Crippen MR) is 33.0 cm³/mol. The normalized spacial score (nSPS) is 15.1. The fraction of sp³-hybridized carbons (Fsp3) is 1.00. The maximum Gasteiger partial charge on any atom is 0.264 e. The van der Waals surface area contributed by atoms with Crippen molar-refractivity contribution in [3.05, 3.63) is 0 Å². The van der Waals surface area contributed by atoms with Gasteiger partial charge >= 0.3 is 0 Å². The zero-order valence-corrected chi connectivity index (χ0v) is 6.01. The first-order chi connectivity index (χ1) is 4.45. The third-order valence-electron chi connectivity index (χ3n) is 0.887. The van der Waals surface area contributed by atoms with Crippen LogP contribution in [0.5, 0.6) is 0 Å². The molecule has 0 aromatic heterocycles. The Morgan fingerprint density at radius 2 is 2.00 bits per heavy atom. The molecule has 1 atom stereocenters. The van der Waals surface area contributed by atoms with E-state index in [1.54, 1.807) is 0 Å². The van der Waals surface area contributed by atoms with Crippen molar-refractivity contribution in [3.63, 3.8) is 0 Å². The average molecular weight is 172 g/mol. The summed E-state index contributed by atoms with van der Waals surface area (Å²) in [5, 5.41) is 8.08. The van der Waals surface area contributed by atoms with E-state index in [1.165, 1.54) is 0 Å². The molecule has 0 saturated carbocycles. The number of halogens is 1. The van der Waals surface area contributed by atoms with Crippen molar-refractivity contribution < 1.29 is 22.5 Å². The molecule has 2 N–H and O–H groups in total. The minimum atomic E-state index is -4.08. The molecule has 0 fully saturated rings. The Kier molecular flexibility index (Phi) is 3.77. The Morgan fingerprint density at radius 1 is 1.50 bits per heavy atom. The van der Waals surface area contributed by atoms with E-state index < -0.39 is 28.6 Å². The number of hydrogen-bond acceptors (Lipinski definition) is 3. The van der Waals surface area contributed by atoms with E-state index in [1.807, 2.05) is 0 Å². The summed E-state index contributed by atoms with van der Waals surface area (Å²) < 4.78 is 40.0. The summed E-state index contributed by atoms with van der Waals surface area (Å²) >= 11 is 0. The second-order valence-corrected chi connectivity index (χ2v) is 3.43. The van der Waals surface area contributed by atoms with Gasteiger partial charge in [0, 0.05) is 0 Å². The van der Waals surface area contributed by atoms with Crippen molar-refractivity contribution in [2.45, 2.75) is 12.6 Å². The van der Waals surface area contributed by atoms with Gasteiger partial charge in [0.2, 0.25) is 0 Å². The molecular weight excluding hydrogens is 163 g/mol. The SMILES string of the molecule is O=S(=O)(O)CCC(F)CO. The van der Waals surface area contributed by atoms with E-state index in [0.717, 1.165) is 0 Å². The third-order valence-corrected chi connectivity index (χ3v) is 1.64. The Morgan fingerprint density at radius 3 is 2.30 bits per heavy atom. The van der Waals surface area contributed by atoms with E-state index in [4.69, 9.17) is 9.66 Å². The van der Waals surface area contributed by atoms with Gasteiger partial charge in [-0.15, -0.1) is 0 Å². The van der Waals surface area contributed by atoms with Crippen LogP contribution in [-0.4, -0.2) is 36.6 Å². The maximum absolute atomic E-state index is 12.0. The van der Waals surface area contributed by atoms with Crippen LogP contribution >= 0.6 is 0 Å². The van der Waals surface area contributed by atoms with Crippen LogP contribution in [0, 0.1) is 0 Å². The van der Waals surface area contributed by atoms with Crippen molar-refractivity contribution in [1.29, 1.82) is 0 Å². The predicted octanol–water partition coefficient (Wildman–Crippen LogP) is -0.405. The van der Waals surface area contributed by atoms with E-state index in [2.05, 4.69) is 0 Å². The van der Waals surface area contributed by atoms with Crippen LogP contribution in [0.4, 0.5) is 4.39 Å². The summed E-state index contributed by atoms with van der Waals surface area (Å²) in [5.74, 6) is -0.644. The highest BCUT2D eigenvalue weighted by Gasteiger charge is 2.10. The molecule has 4 nitrogen and oxygen atoms in total. The highest BCUT2D eigenvalue weighted by molar-refractivity contribution is 7.85. The van der Waals surface area contributed by atoms with Crippen LogP contribution in [-0.2, 0) is 10.1 Å². The van der Waals surface area contributed by atoms with Gasteiger partial charge in [-0.2, -0.15) is 8.42 Å². The first kappa shape index (κ1) is 9.80. The van der Waals surface area contributed by atoms with E-state index in [0.29, 0.717) is 0 Å². The van der Waals surface area contributed by atoms with Gasteiger partial charge in [0.25, 0.3) is 10.1 Å². The molecule has 0 aliphatic carbocycles. The molecule has 6 heteroatoms. The van der Waals surface area contributed by atoms with Crippen LogP contribution in [0.15, 0.2) is 0 Å². The Balaban J connectivity index is 3.56. The molecule has 0 rings (SSSR count). The van der Waals surface area contributed by atoms with Gasteiger partial charge < -0.3 is 5.11 Å². The van der Waals surface area contributed by atoms with Crippen molar-refractivity contribution in [1.82, 2.24) is 0 Å². The summed E-state index contributed by atoms with van der Waals surface area (Å²) in [4.78, 5) is 0. The summed E-state index contributed by atoms with van der Waals surface area (Å²) in [5.41, 5.74) is 0. The topological polar surface area (TPSA) is 74.6 Å². The van der Waals surface area contributed by atoms with Gasteiger partial charge in [-0.3, -0.25) is 4.55 Å². The molecule has 0 bridgehead atoms. The fourth-order valence-corrected chi connectivity index (χ4v) is 0.922. The molecule has 0 saturated heterocycles. The second kappa shape index (κ2) is 3.85. The van der Waals surface area contributed by atoms with E-state index in [9.17, 15) is 12.8 Å². The van der Waals surface area contributed by atoms with Crippen LogP contribution in [0.2, 0.25) is 0 Å². The highest BCUT2D eigenvalue weighted by atomic mass is 32.2. The molecule has 10 heavy (non-hydrogen) atoms. The van der Waals surface area contributed by atoms with Crippen molar-refractivity contribution >= 4 is 10.1 Å². The first-order valence-corrected chi connectivity index (χ1v) is 4.26. The lowest BCUT2D eigenvalue weighted by atomic mass is 10.3. The number of aliphatic hydroxyl groups excluding tert-OH is 1. The highest BCUT2D eigenvalue weighted by Crippen LogP contribution is 1.98. The zero-order chi connectivity index (χ0) is 8.20. The number of aliphatic hydroxyl groups is 1. The Labute approximate surface area is 58.4 Å². The van der Waals surface area contributed by atoms with Crippen molar-refractivity contribution in [2.24, 2.45) is 0 Å². The smallest absolute Gasteiger partial charge is 0.264 e. The van der Waals surface area contributed by atoms with Gasteiger partial charge in [0.1, 0.15) is 6.17 Å². The van der Waals surface area contributed by atoms with Crippen molar-refractivity contribution in [3.8, 4) is 0 Å². The maximum atomic E-state index is 12.0. The molecule has 0 heterocycles. The van der Waals surface area contributed by atoms with Crippen LogP contribution in [0.1, 0.15) is 6.42 Å². The number of alkyl halides is 1. The molecule has 0 aromatic rings. The summed E-state index contributed by atoms with van der Waals surface area (Å²) in [6.07, 6.45) is -1.93. The molecule has 0 radical (unpaired) electrons. The molecule has 1 unspecified atom stereocenters. The Bertz CT molecular complexity index is 176. The molecule has 0 aromatic carbocycles. The Hall–Kier alpha value is -0.200. The molecule has 0 amide bonds. The molecule has 0 aliphatic rings. The van der Waals surface area contributed by atoms with Crippen LogP contribution in [0.25, 0.3) is 0 Å². The average Bonchev–Trinajstić information content (AvgIpc) is 1.81. The van der Waals surface area contributed by atoms with Crippen LogP contribution < -0.4 is 0 Å². The quantitative estimate of drug-likeness (QED) is 0.565. The third kappa shape index (κ3) is 5.93. The fourth-order valence-electron chi connectivity index (χ4n) is 0.368. The van der Waals surface area contributed by atoms with Crippen molar-refractivity contribution in [2.75, 3.05) is 12.4 Å². The van der Waals surface area contributed by atoms with Gasteiger partial charge in [-0.05, 0) is 6.42 Å². The van der Waals surface area contributed by atoms with Gasteiger partial charge in [0.15, 0.2) is 0 Å². The van der Waals surface area contributed by atoms with E-state index in [-0.39, 0.29) is 6.42 Å². The lowest BCUT2D eigenvalue weighted by Gasteiger charge is -2.00. The second-order valence-electron chi connectivity index (χ2n) is 1.85. The summed E-state index contributed by atoms with van der Waals surface area (Å²) in [6, 6.07) is 0. The lowest BCUT2D eigenvalue weighted by molar-refractivity contribution is 0.174. The minimum Gasteiger partial charge on any atom is -0.393 e.